The topological polar surface area (TPSA) is 102 Å². The van der Waals surface area contributed by atoms with Crippen LogP contribution in [0.4, 0.5) is 0 Å². The zero-order valence-electron chi connectivity index (χ0n) is 18.1. The predicted octanol–water partition coefficient (Wildman–Crippen LogP) is 2.61. The van der Waals surface area contributed by atoms with Crippen LogP contribution in [0.5, 0.6) is 0 Å². The maximum absolute atomic E-state index is 12.3. The third-order valence-corrected chi connectivity index (χ3v) is 5.82. The van der Waals surface area contributed by atoms with E-state index in [1.165, 1.54) is 29.8 Å². The third-order valence-electron chi connectivity index (χ3n) is 4.79. The number of rotatable bonds is 9. The molecule has 0 aromatic heterocycles. The van der Waals surface area contributed by atoms with Crippen LogP contribution in [0.25, 0.3) is 11.1 Å². The van der Waals surface area contributed by atoms with Crippen molar-refractivity contribution in [2.75, 3.05) is 32.6 Å². The van der Waals surface area contributed by atoms with Gasteiger partial charge >= 0.3 is 11.9 Å². The van der Waals surface area contributed by atoms with E-state index in [9.17, 15) is 19.2 Å². The summed E-state index contributed by atoms with van der Waals surface area (Å²) in [5.74, 6) is -1.34. The predicted molar refractivity (Wildman–Crippen MR) is 124 cm³/mol. The molecule has 0 atom stereocenters. The molecule has 1 fully saturated rings. The molecule has 1 aliphatic rings. The first kappa shape index (κ1) is 24.1. The van der Waals surface area contributed by atoms with Gasteiger partial charge in [-0.05, 0) is 29.7 Å². The fraction of sp³-hybridized carbons (Fsp3) is 0.250. The van der Waals surface area contributed by atoms with Crippen LogP contribution >= 0.6 is 11.8 Å². The summed E-state index contributed by atoms with van der Waals surface area (Å²) in [6.45, 7) is 0.133. The Morgan fingerprint density at radius 2 is 1.76 bits per heavy atom. The minimum Gasteiger partial charge on any atom is -0.466 e. The molecule has 8 nitrogen and oxygen atoms in total. The lowest BCUT2D eigenvalue weighted by atomic mass is 10.0. The van der Waals surface area contributed by atoms with Crippen LogP contribution in [-0.2, 0) is 23.9 Å². The van der Waals surface area contributed by atoms with Gasteiger partial charge in [-0.1, -0.05) is 54.2 Å². The first-order valence-corrected chi connectivity index (χ1v) is 11.3. The van der Waals surface area contributed by atoms with Gasteiger partial charge in [-0.2, -0.15) is 0 Å². The van der Waals surface area contributed by atoms with Crippen molar-refractivity contribution in [3.8, 4) is 11.1 Å². The lowest BCUT2D eigenvalue weighted by Gasteiger charge is -2.16. The van der Waals surface area contributed by atoms with E-state index in [1.54, 1.807) is 12.1 Å². The summed E-state index contributed by atoms with van der Waals surface area (Å²) in [6, 6.07) is 16.9. The molecule has 3 rings (SSSR count). The van der Waals surface area contributed by atoms with Crippen molar-refractivity contribution in [3.63, 3.8) is 0 Å². The Balaban J connectivity index is 1.39. The van der Waals surface area contributed by atoms with E-state index >= 15 is 0 Å². The SMILES string of the molecule is COC(=O)/C=C1/SCC(=O)N1CCCOC(=O)CNC(=O)c1ccc(-c2ccccc2)cc1. The highest BCUT2D eigenvalue weighted by molar-refractivity contribution is 8.04. The number of ether oxygens (including phenoxy) is 2. The molecule has 0 saturated carbocycles. The van der Waals surface area contributed by atoms with Gasteiger partial charge in [-0.15, -0.1) is 0 Å². The largest absolute Gasteiger partial charge is 0.466 e. The number of methoxy groups -OCH3 is 1. The van der Waals surface area contributed by atoms with Crippen molar-refractivity contribution in [2.24, 2.45) is 0 Å². The van der Waals surface area contributed by atoms with Gasteiger partial charge in [-0.3, -0.25) is 14.4 Å². The van der Waals surface area contributed by atoms with Crippen molar-refractivity contribution in [1.29, 1.82) is 0 Å². The average molecular weight is 469 g/mol. The van der Waals surface area contributed by atoms with E-state index in [-0.39, 0.29) is 30.7 Å². The molecule has 0 spiro atoms. The maximum Gasteiger partial charge on any atom is 0.333 e. The molecule has 0 aliphatic carbocycles. The molecule has 1 N–H and O–H groups in total. The Kier molecular flexibility index (Phi) is 8.65. The first-order valence-electron chi connectivity index (χ1n) is 10.3. The van der Waals surface area contributed by atoms with Crippen LogP contribution in [0.2, 0.25) is 0 Å². The number of nitrogens with zero attached hydrogens (tertiary/aromatic N) is 1. The Hall–Kier alpha value is -3.59. The van der Waals surface area contributed by atoms with E-state index < -0.39 is 11.9 Å². The molecular formula is C24H24N2O6S. The van der Waals surface area contributed by atoms with E-state index in [0.29, 0.717) is 23.6 Å². The molecule has 2 amide bonds. The van der Waals surface area contributed by atoms with Crippen molar-refractivity contribution in [2.45, 2.75) is 6.42 Å². The van der Waals surface area contributed by atoms with Gasteiger partial charge in [0.1, 0.15) is 6.54 Å². The smallest absolute Gasteiger partial charge is 0.333 e. The lowest BCUT2D eigenvalue weighted by molar-refractivity contribution is -0.142. The normalized spacial score (nSPS) is 14.3. The number of thioether (sulfide) groups is 1. The molecule has 0 bridgehead atoms. The van der Waals surface area contributed by atoms with Crippen LogP contribution in [0, 0.1) is 0 Å². The summed E-state index contributed by atoms with van der Waals surface area (Å²) in [5.41, 5.74) is 2.48. The molecule has 1 saturated heterocycles. The molecule has 1 heterocycles. The fourth-order valence-electron chi connectivity index (χ4n) is 3.09. The standard InChI is InChI=1S/C24H24N2O6S/c1-31-22(28)14-21-26(20(27)16-33-21)12-5-13-32-23(29)15-25-24(30)19-10-8-18(9-11-19)17-6-3-2-4-7-17/h2-4,6-11,14H,5,12-13,15-16H2,1H3,(H,25,30)/b21-14+. The fourth-order valence-corrected chi connectivity index (χ4v) is 4.04. The quantitative estimate of drug-likeness (QED) is 0.343. The Morgan fingerprint density at radius 1 is 1.06 bits per heavy atom. The molecule has 0 unspecified atom stereocenters. The number of carbonyl (C=O) groups is 4. The van der Waals surface area contributed by atoms with Crippen LogP contribution in [-0.4, -0.2) is 61.2 Å². The lowest BCUT2D eigenvalue weighted by Crippen LogP contribution is -2.31. The average Bonchev–Trinajstić information content (AvgIpc) is 3.19. The van der Waals surface area contributed by atoms with Crippen molar-refractivity contribution in [3.05, 3.63) is 71.3 Å². The zero-order valence-corrected chi connectivity index (χ0v) is 18.9. The van der Waals surface area contributed by atoms with E-state index in [2.05, 4.69) is 10.1 Å². The summed E-state index contributed by atoms with van der Waals surface area (Å²) in [5, 5.41) is 3.06. The number of esters is 2. The van der Waals surface area contributed by atoms with E-state index in [1.807, 2.05) is 42.5 Å². The Labute approximate surface area is 195 Å². The highest BCUT2D eigenvalue weighted by atomic mass is 32.2. The highest BCUT2D eigenvalue weighted by Crippen LogP contribution is 2.28. The van der Waals surface area contributed by atoms with Crippen LogP contribution in [0.1, 0.15) is 16.8 Å². The van der Waals surface area contributed by atoms with Gasteiger partial charge in [0.15, 0.2) is 0 Å². The maximum atomic E-state index is 12.3. The van der Waals surface area contributed by atoms with Gasteiger partial charge < -0.3 is 19.7 Å². The molecule has 172 valence electrons. The number of carbonyl (C=O) groups excluding carboxylic acids is 4. The van der Waals surface area contributed by atoms with Gasteiger partial charge in [0.05, 0.1) is 30.6 Å². The minimum absolute atomic E-state index is 0.0838. The van der Waals surface area contributed by atoms with Crippen LogP contribution in [0.15, 0.2) is 65.7 Å². The first-order chi connectivity index (χ1) is 16.0. The Morgan fingerprint density at radius 3 is 2.45 bits per heavy atom. The number of benzene rings is 2. The molecule has 0 radical (unpaired) electrons. The molecule has 2 aromatic rings. The van der Waals surface area contributed by atoms with E-state index in [0.717, 1.165) is 11.1 Å². The molecule has 9 heteroatoms. The summed E-state index contributed by atoms with van der Waals surface area (Å²) in [7, 11) is 1.27. The van der Waals surface area contributed by atoms with Crippen molar-refractivity contribution >= 4 is 35.5 Å². The Bertz CT molecular complexity index is 1040. The second-order valence-corrected chi connectivity index (χ2v) is 8.04. The van der Waals surface area contributed by atoms with Crippen molar-refractivity contribution in [1.82, 2.24) is 10.2 Å². The van der Waals surface area contributed by atoms with Gasteiger partial charge in [0.25, 0.3) is 5.91 Å². The minimum atomic E-state index is -0.572. The second-order valence-electron chi connectivity index (χ2n) is 7.04. The monoisotopic (exact) mass is 468 g/mol. The number of amides is 2. The zero-order chi connectivity index (χ0) is 23.6. The van der Waals surface area contributed by atoms with Crippen LogP contribution in [0.3, 0.4) is 0 Å². The summed E-state index contributed by atoms with van der Waals surface area (Å²) in [6.07, 6.45) is 1.66. The summed E-state index contributed by atoms with van der Waals surface area (Å²) >= 11 is 1.26. The van der Waals surface area contributed by atoms with Crippen molar-refractivity contribution < 1.29 is 28.7 Å². The van der Waals surface area contributed by atoms with Gasteiger partial charge in [0.2, 0.25) is 5.91 Å². The molecule has 2 aromatic carbocycles. The summed E-state index contributed by atoms with van der Waals surface area (Å²) < 4.78 is 9.71. The highest BCUT2D eigenvalue weighted by Gasteiger charge is 2.27. The van der Waals surface area contributed by atoms with E-state index in [4.69, 9.17) is 4.74 Å². The summed E-state index contributed by atoms with van der Waals surface area (Å²) in [4.78, 5) is 49.0. The number of hydrogen-bond acceptors (Lipinski definition) is 7. The number of hydrogen-bond donors (Lipinski definition) is 1. The van der Waals surface area contributed by atoms with Crippen LogP contribution < -0.4 is 5.32 Å². The second kappa shape index (κ2) is 11.9. The molecule has 33 heavy (non-hydrogen) atoms. The molecule has 1 aliphatic heterocycles. The van der Waals surface area contributed by atoms with Gasteiger partial charge in [-0.25, -0.2) is 4.79 Å². The van der Waals surface area contributed by atoms with Gasteiger partial charge in [0, 0.05) is 12.1 Å². The molecular weight excluding hydrogens is 444 g/mol. The third kappa shape index (κ3) is 6.95. The number of nitrogens with one attached hydrogen (secondary N) is 1.